The summed E-state index contributed by atoms with van der Waals surface area (Å²) < 4.78 is 27.0. The molecule has 1 saturated heterocycles. The van der Waals surface area contributed by atoms with Crippen LogP contribution < -0.4 is 16.0 Å². The van der Waals surface area contributed by atoms with Gasteiger partial charge in [0.25, 0.3) is 0 Å². The number of fused-ring (bicyclic) bond motifs is 1. The second-order valence-electron chi connectivity index (χ2n) is 7.71. The summed E-state index contributed by atoms with van der Waals surface area (Å²) in [5, 5.41) is 8.17. The molecule has 0 radical (unpaired) electrons. The van der Waals surface area contributed by atoms with Gasteiger partial charge in [-0.3, -0.25) is 9.59 Å². The molecular formula is C22H22F2N4O3. The Hall–Kier alpha value is -3.49. The summed E-state index contributed by atoms with van der Waals surface area (Å²) in [5.41, 5.74) is 2.44. The summed E-state index contributed by atoms with van der Waals surface area (Å²) in [7, 11) is 0. The van der Waals surface area contributed by atoms with E-state index in [0.717, 1.165) is 23.4 Å². The molecule has 162 valence electrons. The van der Waals surface area contributed by atoms with E-state index in [2.05, 4.69) is 16.0 Å². The number of urea groups is 1. The molecule has 0 bridgehead atoms. The number of anilines is 2. The zero-order valence-corrected chi connectivity index (χ0v) is 16.7. The largest absolute Gasteiger partial charge is 0.336 e. The second-order valence-corrected chi connectivity index (χ2v) is 7.71. The van der Waals surface area contributed by atoms with Crippen molar-refractivity contribution in [1.82, 2.24) is 10.2 Å². The number of aryl methyl sites for hydroxylation is 1. The standard InChI is InChI=1S/C22H22F2N4O3/c23-15-5-3-14(17(24)11-15)12-28-9-1-2-19(21(28)30)27-22(31)25-16-6-7-18-13(10-16)4-8-20(29)26-18/h3,5-7,10-11,19H,1-2,4,8-9,12H2,(H,26,29)(H2,25,27,31). The average molecular weight is 428 g/mol. The van der Waals surface area contributed by atoms with Crippen LogP contribution in [-0.2, 0) is 22.6 Å². The Morgan fingerprint density at radius 3 is 2.77 bits per heavy atom. The monoisotopic (exact) mass is 428 g/mol. The average Bonchev–Trinajstić information content (AvgIpc) is 2.73. The van der Waals surface area contributed by atoms with E-state index in [9.17, 15) is 23.2 Å². The van der Waals surface area contributed by atoms with E-state index in [1.807, 2.05) is 0 Å². The van der Waals surface area contributed by atoms with Crippen LogP contribution in [0.1, 0.15) is 30.4 Å². The lowest BCUT2D eigenvalue weighted by Crippen LogP contribution is -2.52. The van der Waals surface area contributed by atoms with Gasteiger partial charge in [0.2, 0.25) is 11.8 Å². The molecule has 0 aromatic heterocycles. The van der Waals surface area contributed by atoms with E-state index < -0.39 is 23.7 Å². The minimum absolute atomic E-state index is 0.0152. The van der Waals surface area contributed by atoms with Crippen molar-refractivity contribution in [2.75, 3.05) is 17.2 Å². The quantitative estimate of drug-likeness (QED) is 0.699. The van der Waals surface area contributed by atoms with Gasteiger partial charge >= 0.3 is 6.03 Å². The molecule has 2 aliphatic heterocycles. The highest BCUT2D eigenvalue weighted by Crippen LogP contribution is 2.25. The Morgan fingerprint density at radius 2 is 1.97 bits per heavy atom. The third-order valence-corrected chi connectivity index (χ3v) is 5.47. The third kappa shape index (κ3) is 4.82. The molecule has 0 aliphatic carbocycles. The lowest BCUT2D eigenvalue weighted by molar-refractivity contribution is -0.136. The number of hydrogen-bond donors (Lipinski definition) is 3. The molecule has 0 spiro atoms. The van der Waals surface area contributed by atoms with E-state index in [0.29, 0.717) is 37.9 Å². The van der Waals surface area contributed by atoms with Crippen LogP contribution >= 0.6 is 0 Å². The molecule has 1 atom stereocenters. The summed E-state index contributed by atoms with van der Waals surface area (Å²) >= 11 is 0. The Bertz CT molecular complexity index is 1040. The summed E-state index contributed by atoms with van der Waals surface area (Å²) in [4.78, 5) is 38.1. The van der Waals surface area contributed by atoms with Crippen molar-refractivity contribution in [3.63, 3.8) is 0 Å². The molecular weight excluding hydrogens is 406 g/mol. The molecule has 2 aromatic carbocycles. The van der Waals surface area contributed by atoms with Crippen molar-refractivity contribution in [3.8, 4) is 0 Å². The Morgan fingerprint density at radius 1 is 1.13 bits per heavy atom. The minimum atomic E-state index is -0.728. The first-order chi connectivity index (χ1) is 14.9. The van der Waals surface area contributed by atoms with Gasteiger partial charge in [-0.2, -0.15) is 0 Å². The molecule has 1 fully saturated rings. The number of nitrogens with zero attached hydrogens (tertiary/aromatic N) is 1. The van der Waals surface area contributed by atoms with E-state index in [1.54, 1.807) is 18.2 Å². The highest BCUT2D eigenvalue weighted by atomic mass is 19.1. The fourth-order valence-electron chi connectivity index (χ4n) is 3.87. The first kappa shape index (κ1) is 20.8. The topological polar surface area (TPSA) is 90.5 Å². The number of carbonyl (C=O) groups excluding carboxylic acids is 3. The van der Waals surface area contributed by atoms with Gasteiger partial charge in [0.05, 0.1) is 0 Å². The molecule has 9 heteroatoms. The molecule has 2 aromatic rings. The van der Waals surface area contributed by atoms with Gasteiger partial charge in [-0.05, 0) is 49.1 Å². The van der Waals surface area contributed by atoms with Gasteiger partial charge in [-0.15, -0.1) is 0 Å². The third-order valence-electron chi connectivity index (χ3n) is 5.47. The first-order valence-corrected chi connectivity index (χ1v) is 10.1. The number of benzene rings is 2. The maximum Gasteiger partial charge on any atom is 0.319 e. The number of rotatable bonds is 4. The highest BCUT2D eigenvalue weighted by Gasteiger charge is 2.30. The molecule has 2 aliphatic rings. The van der Waals surface area contributed by atoms with Gasteiger partial charge in [-0.1, -0.05) is 6.07 Å². The minimum Gasteiger partial charge on any atom is -0.336 e. The number of amides is 4. The lowest BCUT2D eigenvalue weighted by Gasteiger charge is -2.32. The number of piperidine rings is 1. The maximum atomic E-state index is 13.9. The van der Waals surface area contributed by atoms with E-state index in [4.69, 9.17) is 0 Å². The van der Waals surface area contributed by atoms with Crippen LogP contribution in [-0.4, -0.2) is 35.3 Å². The molecule has 0 saturated carbocycles. The van der Waals surface area contributed by atoms with Crippen LogP contribution in [0.4, 0.5) is 25.0 Å². The molecule has 4 rings (SSSR count). The first-order valence-electron chi connectivity index (χ1n) is 10.1. The van der Waals surface area contributed by atoms with Crippen LogP contribution in [0, 0.1) is 11.6 Å². The number of carbonyl (C=O) groups is 3. The Labute approximate surface area is 177 Å². The van der Waals surface area contributed by atoms with E-state index in [-0.39, 0.29) is 23.9 Å². The van der Waals surface area contributed by atoms with Crippen molar-refractivity contribution in [2.45, 2.75) is 38.3 Å². The van der Waals surface area contributed by atoms with Gasteiger partial charge in [0.1, 0.15) is 17.7 Å². The highest BCUT2D eigenvalue weighted by molar-refractivity contribution is 5.96. The number of hydrogen-bond acceptors (Lipinski definition) is 3. The van der Waals surface area contributed by atoms with Gasteiger partial charge < -0.3 is 20.9 Å². The molecule has 2 heterocycles. The zero-order valence-electron chi connectivity index (χ0n) is 16.7. The van der Waals surface area contributed by atoms with Crippen molar-refractivity contribution in [2.24, 2.45) is 0 Å². The van der Waals surface area contributed by atoms with E-state index in [1.165, 1.54) is 11.0 Å². The van der Waals surface area contributed by atoms with E-state index >= 15 is 0 Å². The summed E-state index contributed by atoms with van der Waals surface area (Å²) in [6.07, 6.45) is 2.11. The van der Waals surface area contributed by atoms with Crippen molar-refractivity contribution >= 4 is 29.2 Å². The van der Waals surface area contributed by atoms with Crippen LogP contribution in [0.2, 0.25) is 0 Å². The molecule has 7 nitrogen and oxygen atoms in total. The lowest BCUT2D eigenvalue weighted by atomic mass is 10.0. The zero-order chi connectivity index (χ0) is 22.0. The molecule has 4 amide bonds. The van der Waals surface area contributed by atoms with Crippen LogP contribution in [0.15, 0.2) is 36.4 Å². The smallest absolute Gasteiger partial charge is 0.319 e. The summed E-state index contributed by atoms with van der Waals surface area (Å²) in [6, 6.07) is 7.21. The van der Waals surface area contributed by atoms with Crippen molar-refractivity contribution in [1.29, 1.82) is 0 Å². The normalized spacial score (nSPS) is 18.3. The predicted molar refractivity (Wildman–Crippen MR) is 110 cm³/mol. The predicted octanol–water partition coefficient (Wildman–Crippen LogP) is 3.16. The van der Waals surface area contributed by atoms with Gasteiger partial charge in [-0.25, -0.2) is 13.6 Å². The SMILES string of the molecule is O=C1CCc2cc(NC(=O)NC3CCCN(Cc4ccc(F)cc4F)C3=O)ccc2N1. The van der Waals surface area contributed by atoms with Crippen LogP contribution in [0.3, 0.4) is 0 Å². The number of likely N-dealkylation sites (tertiary alicyclic amines) is 1. The Kier molecular flexibility index (Phi) is 5.83. The molecule has 1 unspecified atom stereocenters. The maximum absolute atomic E-state index is 13.9. The van der Waals surface area contributed by atoms with Crippen LogP contribution in [0.5, 0.6) is 0 Å². The van der Waals surface area contributed by atoms with Gasteiger partial charge in [0, 0.05) is 42.5 Å². The summed E-state index contributed by atoms with van der Waals surface area (Å²) in [6.45, 7) is 0.452. The second kappa shape index (κ2) is 8.71. The molecule has 31 heavy (non-hydrogen) atoms. The van der Waals surface area contributed by atoms with Crippen LogP contribution in [0.25, 0.3) is 0 Å². The Balaban J connectivity index is 1.36. The van der Waals surface area contributed by atoms with Crippen molar-refractivity contribution in [3.05, 3.63) is 59.2 Å². The fraction of sp³-hybridized carbons (Fsp3) is 0.318. The summed E-state index contributed by atoms with van der Waals surface area (Å²) in [5.74, 6) is -1.72. The number of halogens is 2. The van der Waals surface area contributed by atoms with Gasteiger partial charge in [0.15, 0.2) is 0 Å². The number of nitrogens with one attached hydrogen (secondary N) is 3. The van der Waals surface area contributed by atoms with Crippen molar-refractivity contribution < 1.29 is 23.2 Å². The fourth-order valence-corrected chi connectivity index (χ4v) is 3.87. The molecule has 3 N–H and O–H groups in total.